The zero-order valence-corrected chi connectivity index (χ0v) is 11.2. The molecule has 4 nitrogen and oxygen atoms in total. The van der Waals surface area contributed by atoms with Crippen molar-refractivity contribution in [2.45, 2.75) is 6.42 Å². The first-order valence-electron chi connectivity index (χ1n) is 6.06. The molecular weight excluding hydrogens is 252 g/mol. The third-order valence-corrected chi connectivity index (χ3v) is 3.35. The predicted octanol–water partition coefficient (Wildman–Crippen LogP) is 1.93. The van der Waals surface area contributed by atoms with E-state index in [2.05, 4.69) is 15.0 Å². The Balaban J connectivity index is 2.20. The fourth-order valence-electron chi connectivity index (χ4n) is 2.09. The van der Waals surface area contributed by atoms with Crippen molar-refractivity contribution in [2.75, 3.05) is 38.2 Å². The first kappa shape index (κ1) is 13.2. The number of rotatable bonds is 2. The molecule has 1 aliphatic heterocycles. The SMILES string of the molecule is COC(=O)c1ccc(N2CCCNCC2)c(Cl)c1. The molecular formula is C13H17ClN2O2. The lowest BCUT2D eigenvalue weighted by Gasteiger charge is -2.23. The van der Waals surface area contributed by atoms with Gasteiger partial charge in [0.2, 0.25) is 0 Å². The second-order valence-corrected chi connectivity index (χ2v) is 4.66. The summed E-state index contributed by atoms with van der Waals surface area (Å²) in [5.74, 6) is -0.360. The second-order valence-electron chi connectivity index (χ2n) is 4.25. The Morgan fingerprint density at radius 3 is 2.94 bits per heavy atom. The lowest BCUT2D eigenvalue weighted by Crippen LogP contribution is -2.28. The Kier molecular flexibility index (Phi) is 4.44. The van der Waals surface area contributed by atoms with Gasteiger partial charge in [0.1, 0.15) is 0 Å². The third kappa shape index (κ3) is 2.94. The number of methoxy groups -OCH3 is 1. The maximum Gasteiger partial charge on any atom is 0.337 e. The molecule has 0 saturated carbocycles. The van der Waals surface area contributed by atoms with Crippen molar-refractivity contribution in [3.8, 4) is 0 Å². The number of hydrogen-bond donors (Lipinski definition) is 1. The number of hydrogen-bond acceptors (Lipinski definition) is 4. The number of benzene rings is 1. The van der Waals surface area contributed by atoms with Gasteiger partial charge in [0.05, 0.1) is 23.4 Å². The molecule has 1 fully saturated rings. The van der Waals surface area contributed by atoms with E-state index in [9.17, 15) is 4.79 Å². The van der Waals surface area contributed by atoms with Crippen LogP contribution in [0.3, 0.4) is 0 Å². The molecule has 1 aromatic carbocycles. The van der Waals surface area contributed by atoms with Gasteiger partial charge in [-0.25, -0.2) is 4.79 Å². The molecule has 0 spiro atoms. The first-order chi connectivity index (χ1) is 8.72. The standard InChI is InChI=1S/C13H17ClN2O2/c1-18-13(17)10-3-4-12(11(14)9-10)16-7-2-5-15-6-8-16/h3-4,9,15H,2,5-8H2,1H3. The summed E-state index contributed by atoms with van der Waals surface area (Å²) >= 11 is 6.25. The molecule has 0 radical (unpaired) electrons. The molecule has 1 heterocycles. The number of ether oxygens (including phenoxy) is 1. The highest BCUT2D eigenvalue weighted by atomic mass is 35.5. The van der Waals surface area contributed by atoms with E-state index in [-0.39, 0.29) is 5.97 Å². The van der Waals surface area contributed by atoms with E-state index in [1.807, 2.05) is 6.07 Å². The normalized spacial score (nSPS) is 16.2. The summed E-state index contributed by atoms with van der Waals surface area (Å²) < 4.78 is 4.68. The Labute approximate surface area is 112 Å². The van der Waals surface area contributed by atoms with E-state index in [1.165, 1.54) is 7.11 Å². The highest BCUT2D eigenvalue weighted by Crippen LogP contribution is 2.27. The summed E-state index contributed by atoms with van der Waals surface area (Å²) in [5, 5.41) is 3.94. The number of carbonyl (C=O) groups is 1. The summed E-state index contributed by atoms with van der Waals surface area (Å²) in [6, 6.07) is 5.31. The van der Waals surface area contributed by atoms with Crippen molar-refractivity contribution in [1.29, 1.82) is 0 Å². The van der Waals surface area contributed by atoms with E-state index >= 15 is 0 Å². The number of nitrogens with one attached hydrogen (secondary N) is 1. The zero-order valence-electron chi connectivity index (χ0n) is 10.4. The molecule has 98 valence electrons. The number of halogens is 1. The van der Waals surface area contributed by atoms with Crippen LogP contribution in [0.2, 0.25) is 5.02 Å². The molecule has 1 saturated heterocycles. The molecule has 0 aromatic heterocycles. The van der Waals surface area contributed by atoms with E-state index in [1.54, 1.807) is 12.1 Å². The Morgan fingerprint density at radius 1 is 1.39 bits per heavy atom. The molecule has 0 atom stereocenters. The predicted molar refractivity (Wildman–Crippen MR) is 72.5 cm³/mol. The van der Waals surface area contributed by atoms with Gasteiger partial charge in [-0.3, -0.25) is 0 Å². The molecule has 2 rings (SSSR count). The van der Waals surface area contributed by atoms with E-state index in [0.717, 1.165) is 38.3 Å². The minimum absolute atomic E-state index is 0.360. The number of anilines is 1. The molecule has 0 unspecified atom stereocenters. The van der Waals surface area contributed by atoms with Gasteiger partial charge in [-0.1, -0.05) is 11.6 Å². The molecule has 1 aromatic rings. The van der Waals surface area contributed by atoms with Crippen LogP contribution in [0.25, 0.3) is 0 Å². The number of nitrogens with zero attached hydrogens (tertiary/aromatic N) is 1. The summed E-state index contributed by atoms with van der Waals surface area (Å²) in [7, 11) is 1.37. The smallest absolute Gasteiger partial charge is 0.337 e. The van der Waals surface area contributed by atoms with Crippen LogP contribution in [-0.2, 0) is 4.74 Å². The van der Waals surface area contributed by atoms with E-state index in [0.29, 0.717) is 10.6 Å². The van der Waals surface area contributed by atoms with Gasteiger partial charge >= 0.3 is 5.97 Å². The highest BCUT2D eigenvalue weighted by Gasteiger charge is 2.14. The summed E-state index contributed by atoms with van der Waals surface area (Å²) in [5.41, 5.74) is 1.47. The van der Waals surface area contributed by atoms with Crippen molar-refractivity contribution in [3.63, 3.8) is 0 Å². The van der Waals surface area contributed by atoms with Crippen molar-refractivity contribution in [2.24, 2.45) is 0 Å². The van der Waals surface area contributed by atoms with Gasteiger partial charge in [-0.15, -0.1) is 0 Å². The maximum absolute atomic E-state index is 11.4. The van der Waals surface area contributed by atoms with Gasteiger partial charge in [0, 0.05) is 19.6 Å². The fourth-order valence-corrected chi connectivity index (χ4v) is 2.39. The second kappa shape index (κ2) is 6.07. The fraction of sp³-hybridized carbons (Fsp3) is 0.462. The van der Waals surface area contributed by atoms with Crippen LogP contribution in [0, 0.1) is 0 Å². The quantitative estimate of drug-likeness (QED) is 0.833. The van der Waals surface area contributed by atoms with Crippen molar-refractivity contribution < 1.29 is 9.53 Å². The van der Waals surface area contributed by atoms with Gasteiger partial charge < -0.3 is 15.0 Å². The molecule has 1 N–H and O–H groups in total. The van der Waals surface area contributed by atoms with E-state index in [4.69, 9.17) is 11.6 Å². The van der Waals surface area contributed by atoms with Gasteiger partial charge in [-0.2, -0.15) is 0 Å². The Bertz CT molecular complexity index is 429. The Hall–Kier alpha value is -1.26. The minimum Gasteiger partial charge on any atom is -0.465 e. The third-order valence-electron chi connectivity index (χ3n) is 3.05. The van der Waals surface area contributed by atoms with Crippen LogP contribution in [-0.4, -0.2) is 39.3 Å². The Morgan fingerprint density at radius 2 is 2.22 bits per heavy atom. The number of esters is 1. The van der Waals surface area contributed by atoms with Crippen LogP contribution in [0.15, 0.2) is 18.2 Å². The van der Waals surface area contributed by atoms with Crippen LogP contribution in [0.1, 0.15) is 16.8 Å². The molecule has 18 heavy (non-hydrogen) atoms. The molecule has 0 bridgehead atoms. The summed E-state index contributed by atoms with van der Waals surface area (Å²) in [6.07, 6.45) is 1.09. The average molecular weight is 269 g/mol. The molecule has 0 amide bonds. The van der Waals surface area contributed by atoms with Crippen molar-refractivity contribution in [1.82, 2.24) is 5.32 Å². The van der Waals surface area contributed by atoms with Crippen molar-refractivity contribution in [3.05, 3.63) is 28.8 Å². The van der Waals surface area contributed by atoms with Crippen molar-refractivity contribution >= 4 is 23.3 Å². The highest BCUT2D eigenvalue weighted by molar-refractivity contribution is 6.33. The van der Waals surface area contributed by atoms with Crippen LogP contribution in [0.5, 0.6) is 0 Å². The molecule has 0 aliphatic carbocycles. The van der Waals surface area contributed by atoms with Crippen LogP contribution in [0.4, 0.5) is 5.69 Å². The lowest BCUT2D eigenvalue weighted by molar-refractivity contribution is 0.0601. The van der Waals surface area contributed by atoms with Gasteiger partial charge in [0.25, 0.3) is 0 Å². The molecule has 1 aliphatic rings. The zero-order chi connectivity index (χ0) is 13.0. The number of carbonyl (C=O) groups excluding carboxylic acids is 1. The van der Waals surface area contributed by atoms with Gasteiger partial charge in [0.15, 0.2) is 0 Å². The molecule has 5 heteroatoms. The topological polar surface area (TPSA) is 41.6 Å². The lowest BCUT2D eigenvalue weighted by atomic mass is 10.2. The summed E-state index contributed by atoms with van der Waals surface area (Å²) in [4.78, 5) is 13.6. The van der Waals surface area contributed by atoms with Crippen LogP contribution < -0.4 is 10.2 Å². The minimum atomic E-state index is -0.360. The van der Waals surface area contributed by atoms with Gasteiger partial charge in [-0.05, 0) is 31.2 Å². The largest absolute Gasteiger partial charge is 0.465 e. The maximum atomic E-state index is 11.4. The monoisotopic (exact) mass is 268 g/mol. The van der Waals surface area contributed by atoms with Crippen LogP contribution >= 0.6 is 11.6 Å². The van der Waals surface area contributed by atoms with E-state index < -0.39 is 0 Å². The first-order valence-corrected chi connectivity index (χ1v) is 6.43. The average Bonchev–Trinajstić information content (AvgIpc) is 2.66. The summed E-state index contributed by atoms with van der Waals surface area (Å²) in [6.45, 7) is 3.89.